The lowest BCUT2D eigenvalue weighted by Crippen LogP contribution is -2.23. The Kier molecular flexibility index (Phi) is 6.93. The predicted octanol–water partition coefficient (Wildman–Crippen LogP) is 4.76. The van der Waals surface area contributed by atoms with Crippen LogP contribution in [-0.4, -0.2) is 46.4 Å². The molecule has 0 aliphatic heterocycles. The Bertz CT molecular complexity index is 2070. The minimum Gasteiger partial charge on any atom is -0.348 e. The fourth-order valence-corrected chi connectivity index (χ4v) is 5.20. The lowest BCUT2D eigenvalue weighted by molar-refractivity contribution is 0.0951. The van der Waals surface area contributed by atoms with Gasteiger partial charge in [-0.3, -0.25) is 24.9 Å². The Balaban J connectivity index is 1.30. The summed E-state index contributed by atoms with van der Waals surface area (Å²) in [5.74, 6) is -0.663. The summed E-state index contributed by atoms with van der Waals surface area (Å²) in [6.07, 6.45) is 6.11. The number of H-pyrrole nitrogens is 1. The molecule has 3 N–H and O–H groups in total. The number of benzene rings is 3. The van der Waals surface area contributed by atoms with Crippen LogP contribution in [0.2, 0.25) is 0 Å². The molecule has 0 saturated carbocycles. The first-order valence-corrected chi connectivity index (χ1v) is 14.8. The van der Waals surface area contributed by atoms with Gasteiger partial charge in [0, 0.05) is 36.8 Å². The molecule has 0 atom stereocenters. The Hall–Kier alpha value is -5.42. The van der Waals surface area contributed by atoms with E-state index in [4.69, 9.17) is 0 Å². The standard InChI is InChI=1S/C31H24N6O4S/c1-42(40,41)24-8-6-19(7-9-24)17-34-29(38)25-14-23(20-10-12-32-13-11-20)16-26-28(25)36-31(35-26)37-30(39)27-15-21-4-2-3-5-22(21)18-33-27/h2-16,18H,17H2,1H3,(H,34,38)(H2,35,36,37,39). The van der Waals surface area contributed by atoms with Crippen molar-refractivity contribution >= 4 is 49.4 Å². The zero-order valence-corrected chi connectivity index (χ0v) is 23.1. The maximum atomic E-state index is 13.4. The largest absolute Gasteiger partial charge is 0.348 e. The van der Waals surface area contributed by atoms with Crippen LogP contribution in [0.4, 0.5) is 5.95 Å². The van der Waals surface area contributed by atoms with E-state index < -0.39 is 15.7 Å². The second-order valence-electron chi connectivity index (χ2n) is 9.71. The number of hydrogen-bond donors (Lipinski definition) is 3. The van der Waals surface area contributed by atoms with Crippen molar-refractivity contribution in [3.05, 3.63) is 114 Å². The Morgan fingerprint density at radius 2 is 1.60 bits per heavy atom. The molecular formula is C31H24N6O4S. The van der Waals surface area contributed by atoms with Gasteiger partial charge < -0.3 is 10.3 Å². The number of anilines is 1. The number of pyridine rings is 2. The fourth-order valence-electron chi connectivity index (χ4n) is 4.57. The SMILES string of the molecule is CS(=O)(=O)c1ccc(CNC(=O)c2cc(-c3ccncc3)cc3[nH]c(NC(=O)c4cc5ccccc5cn4)nc23)cc1. The van der Waals surface area contributed by atoms with Crippen molar-refractivity contribution < 1.29 is 18.0 Å². The molecule has 6 rings (SSSR count). The van der Waals surface area contributed by atoms with Crippen LogP contribution in [0.25, 0.3) is 32.9 Å². The molecule has 42 heavy (non-hydrogen) atoms. The lowest BCUT2D eigenvalue weighted by Gasteiger charge is -2.09. The van der Waals surface area contributed by atoms with Gasteiger partial charge in [0.2, 0.25) is 5.95 Å². The van der Waals surface area contributed by atoms with E-state index in [0.717, 1.165) is 33.7 Å². The first-order valence-electron chi connectivity index (χ1n) is 12.9. The highest BCUT2D eigenvalue weighted by Crippen LogP contribution is 2.28. The topological polar surface area (TPSA) is 147 Å². The van der Waals surface area contributed by atoms with Crippen LogP contribution < -0.4 is 10.6 Å². The summed E-state index contributed by atoms with van der Waals surface area (Å²) in [4.78, 5) is 42.7. The van der Waals surface area contributed by atoms with Gasteiger partial charge in [0.1, 0.15) is 11.2 Å². The Labute approximate surface area is 240 Å². The summed E-state index contributed by atoms with van der Waals surface area (Å²) in [6, 6.07) is 22.9. The number of nitrogens with one attached hydrogen (secondary N) is 3. The minimum atomic E-state index is -3.32. The van der Waals surface area contributed by atoms with Crippen molar-refractivity contribution in [2.75, 3.05) is 11.6 Å². The van der Waals surface area contributed by atoms with Gasteiger partial charge in [-0.05, 0) is 64.5 Å². The van der Waals surface area contributed by atoms with Gasteiger partial charge in [0.15, 0.2) is 9.84 Å². The van der Waals surface area contributed by atoms with Crippen LogP contribution in [0.15, 0.2) is 102 Å². The summed E-state index contributed by atoms with van der Waals surface area (Å²) in [5.41, 5.74) is 3.78. The normalized spacial score (nSPS) is 11.5. The first kappa shape index (κ1) is 26.8. The molecule has 0 bridgehead atoms. The number of carbonyl (C=O) groups excluding carboxylic acids is 2. The van der Waals surface area contributed by atoms with E-state index in [1.807, 2.05) is 42.5 Å². The van der Waals surface area contributed by atoms with Crippen LogP contribution in [0.3, 0.4) is 0 Å². The van der Waals surface area contributed by atoms with Crippen molar-refractivity contribution in [1.82, 2.24) is 25.3 Å². The summed E-state index contributed by atoms with van der Waals surface area (Å²) in [6.45, 7) is 0.172. The highest BCUT2D eigenvalue weighted by Gasteiger charge is 2.18. The third-order valence-electron chi connectivity index (χ3n) is 6.74. The van der Waals surface area contributed by atoms with Gasteiger partial charge >= 0.3 is 0 Å². The number of fused-ring (bicyclic) bond motifs is 2. The average molecular weight is 577 g/mol. The van der Waals surface area contributed by atoms with Crippen LogP contribution >= 0.6 is 0 Å². The minimum absolute atomic E-state index is 0.169. The van der Waals surface area contributed by atoms with Crippen molar-refractivity contribution in [2.45, 2.75) is 11.4 Å². The molecule has 208 valence electrons. The van der Waals surface area contributed by atoms with E-state index in [1.165, 1.54) is 12.1 Å². The van der Waals surface area contributed by atoms with Gasteiger partial charge in [-0.1, -0.05) is 36.4 Å². The van der Waals surface area contributed by atoms with E-state index >= 15 is 0 Å². The molecule has 0 fully saturated rings. The average Bonchev–Trinajstić information content (AvgIpc) is 3.41. The number of carbonyl (C=O) groups is 2. The molecular weight excluding hydrogens is 552 g/mol. The van der Waals surface area contributed by atoms with Crippen LogP contribution in [0.5, 0.6) is 0 Å². The molecule has 6 aromatic rings. The molecule has 3 aromatic heterocycles. The molecule has 10 nitrogen and oxygen atoms in total. The summed E-state index contributed by atoms with van der Waals surface area (Å²) < 4.78 is 23.5. The molecule has 3 aromatic carbocycles. The fraction of sp³-hybridized carbons (Fsp3) is 0.0645. The monoisotopic (exact) mass is 576 g/mol. The number of aromatic nitrogens is 4. The molecule has 0 unspecified atom stereocenters. The quantitative estimate of drug-likeness (QED) is 0.248. The number of aromatic amines is 1. The first-order chi connectivity index (χ1) is 20.2. The zero-order valence-electron chi connectivity index (χ0n) is 22.3. The number of nitrogens with zero attached hydrogens (tertiary/aromatic N) is 3. The molecule has 11 heteroatoms. The van der Waals surface area contributed by atoms with E-state index in [2.05, 4.69) is 30.6 Å². The van der Waals surface area contributed by atoms with Crippen LogP contribution in [0, 0.1) is 0 Å². The van der Waals surface area contributed by atoms with E-state index in [0.29, 0.717) is 16.6 Å². The van der Waals surface area contributed by atoms with Gasteiger partial charge in [0.25, 0.3) is 11.8 Å². The van der Waals surface area contributed by atoms with Crippen molar-refractivity contribution in [3.8, 4) is 11.1 Å². The molecule has 0 saturated heterocycles. The molecule has 2 amide bonds. The van der Waals surface area contributed by atoms with Gasteiger partial charge in [-0.15, -0.1) is 0 Å². The number of hydrogen-bond acceptors (Lipinski definition) is 7. The smallest absolute Gasteiger partial charge is 0.276 e. The third-order valence-corrected chi connectivity index (χ3v) is 7.87. The second kappa shape index (κ2) is 10.9. The van der Waals surface area contributed by atoms with Gasteiger partial charge in [-0.25, -0.2) is 13.4 Å². The van der Waals surface area contributed by atoms with E-state index in [-0.39, 0.29) is 29.0 Å². The molecule has 0 aliphatic rings. The van der Waals surface area contributed by atoms with Crippen LogP contribution in [-0.2, 0) is 16.4 Å². The van der Waals surface area contributed by atoms with E-state index in [9.17, 15) is 18.0 Å². The van der Waals surface area contributed by atoms with Gasteiger partial charge in [0.05, 0.1) is 16.0 Å². The zero-order chi connectivity index (χ0) is 29.3. The highest BCUT2D eigenvalue weighted by atomic mass is 32.2. The van der Waals surface area contributed by atoms with Crippen molar-refractivity contribution in [2.24, 2.45) is 0 Å². The van der Waals surface area contributed by atoms with Crippen molar-refractivity contribution in [3.63, 3.8) is 0 Å². The maximum absolute atomic E-state index is 13.4. The second-order valence-corrected chi connectivity index (χ2v) is 11.7. The summed E-state index contributed by atoms with van der Waals surface area (Å²) in [7, 11) is -3.32. The summed E-state index contributed by atoms with van der Waals surface area (Å²) >= 11 is 0. The maximum Gasteiger partial charge on any atom is 0.276 e. The number of rotatable bonds is 7. The Morgan fingerprint density at radius 3 is 2.33 bits per heavy atom. The number of sulfone groups is 1. The molecule has 0 radical (unpaired) electrons. The Morgan fingerprint density at radius 1 is 0.857 bits per heavy atom. The third kappa shape index (κ3) is 5.58. The number of imidazole rings is 1. The summed E-state index contributed by atoms with van der Waals surface area (Å²) in [5, 5.41) is 7.44. The number of amides is 2. The van der Waals surface area contributed by atoms with E-state index in [1.54, 1.807) is 42.9 Å². The van der Waals surface area contributed by atoms with Gasteiger partial charge in [-0.2, -0.15) is 0 Å². The predicted molar refractivity (Wildman–Crippen MR) is 160 cm³/mol. The lowest BCUT2D eigenvalue weighted by atomic mass is 10.0. The molecule has 0 spiro atoms. The van der Waals surface area contributed by atoms with Crippen LogP contribution in [0.1, 0.15) is 26.4 Å². The highest BCUT2D eigenvalue weighted by molar-refractivity contribution is 7.90. The molecule has 0 aliphatic carbocycles. The van der Waals surface area contributed by atoms with Crippen molar-refractivity contribution in [1.29, 1.82) is 0 Å². The molecule has 3 heterocycles.